The molecule has 0 aliphatic rings. The summed E-state index contributed by atoms with van der Waals surface area (Å²) in [5, 5.41) is 35.2. The van der Waals surface area contributed by atoms with Crippen LogP contribution in [0, 0.1) is 0 Å². The van der Waals surface area contributed by atoms with Crippen LogP contribution < -0.4 is 0 Å². The predicted molar refractivity (Wildman–Crippen MR) is 636 cm³/mol. The highest BCUT2D eigenvalue weighted by atomic mass is 32.1. The number of benzene rings is 20. The number of aromatic nitrogens is 8. The zero-order valence-corrected chi connectivity index (χ0v) is 83.3. The fourth-order valence-electron chi connectivity index (χ4n) is 23.9. The number of para-hydroxylation sites is 6. The summed E-state index contributed by atoms with van der Waals surface area (Å²) in [6.07, 6.45) is 7.49. The minimum Gasteiger partial charge on any atom is -0.456 e. The second kappa shape index (κ2) is 31.8. The van der Waals surface area contributed by atoms with Crippen LogP contribution in [-0.2, 0) is 0 Å². The van der Waals surface area contributed by atoms with E-state index in [0.717, 1.165) is 77.3 Å². The molecule has 20 aromatic carbocycles. The van der Waals surface area contributed by atoms with E-state index in [0.29, 0.717) is 0 Å². The molecular formula is C132H72N8O2S6. The third-order valence-electron chi connectivity index (χ3n) is 30.5. The molecule has 0 atom stereocenters. The Morgan fingerprint density at radius 2 is 0.453 bits per heavy atom. The van der Waals surface area contributed by atoms with E-state index in [1.807, 2.05) is 141 Å². The molecule has 0 unspecified atom stereocenters. The van der Waals surface area contributed by atoms with Gasteiger partial charge in [-0.15, -0.1) is 68.0 Å². The van der Waals surface area contributed by atoms with Gasteiger partial charge in [0, 0.05) is 232 Å². The van der Waals surface area contributed by atoms with Crippen LogP contribution in [0.25, 0.3) is 318 Å². The van der Waals surface area contributed by atoms with Gasteiger partial charge in [-0.25, -0.2) is 0 Å². The van der Waals surface area contributed by atoms with Crippen molar-refractivity contribution in [2.45, 2.75) is 0 Å². The molecule has 0 bridgehead atoms. The molecular weight excluding hydrogens is 1920 g/mol. The highest BCUT2D eigenvalue weighted by Crippen LogP contribution is 2.53. The van der Waals surface area contributed by atoms with E-state index in [-0.39, 0.29) is 0 Å². The van der Waals surface area contributed by atoms with Crippen molar-refractivity contribution >= 4 is 364 Å². The molecule has 16 heterocycles. The van der Waals surface area contributed by atoms with Crippen LogP contribution in [0.3, 0.4) is 0 Å². The first kappa shape index (κ1) is 82.6. The number of furan rings is 2. The molecule has 10 nitrogen and oxygen atoms in total. The molecule has 0 N–H and O–H groups in total. The quantitative estimate of drug-likeness (QED) is 0.174. The summed E-state index contributed by atoms with van der Waals surface area (Å²) in [5.74, 6) is 0. The lowest BCUT2D eigenvalue weighted by atomic mass is 10.1. The summed E-state index contributed by atoms with van der Waals surface area (Å²) in [4.78, 5) is 18.4. The van der Waals surface area contributed by atoms with Gasteiger partial charge < -0.3 is 27.1 Å². The zero-order chi connectivity index (χ0) is 96.3. The first-order valence-corrected chi connectivity index (χ1v) is 54.4. The van der Waals surface area contributed by atoms with Crippen molar-refractivity contribution in [2.24, 2.45) is 0 Å². The molecule has 16 heteroatoms. The smallest absolute Gasteiger partial charge is 0.137 e. The summed E-state index contributed by atoms with van der Waals surface area (Å²) in [6, 6.07) is 149. The van der Waals surface area contributed by atoms with E-state index in [4.69, 9.17) is 8.83 Å². The van der Waals surface area contributed by atoms with E-state index < -0.39 is 0 Å². The summed E-state index contributed by atoms with van der Waals surface area (Å²) in [6.45, 7) is 0. The van der Waals surface area contributed by atoms with Gasteiger partial charge in [-0.3, -0.25) is 19.9 Å². The molecule has 36 rings (SSSR count). The molecule has 0 radical (unpaired) electrons. The average molecular weight is 1990 g/mol. The molecule has 148 heavy (non-hydrogen) atoms. The van der Waals surface area contributed by atoms with Gasteiger partial charge in [-0.1, -0.05) is 237 Å². The Kier molecular flexibility index (Phi) is 17.8. The van der Waals surface area contributed by atoms with Crippen molar-refractivity contribution in [2.75, 3.05) is 0 Å². The first-order valence-electron chi connectivity index (χ1n) is 49.5. The molecule has 36 aromatic rings. The van der Waals surface area contributed by atoms with E-state index >= 15 is 0 Å². The summed E-state index contributed by atoms with van der Waals surface area (Å²) in [7, 11) is 0. The normalized spacial score (nSPS) is 12.3. The Labute approximate surface area is 863 Å². The molecule has 16 aromatic heterocycles. The number of rotatable bonds is 4. The fourth-order valence-corrected chi connectivity index (χ4v) is 31.3. The average Bonchev–Trinajstić information content (AvgIpc) is 1.56. The van der Waals surface area contributed by atoms with Crippen LogP contribution >= 0.6 is 68.0 Å². The van der Waals surface area contributed by atoms with Gasteiger partial charge in [0.05, 0.1) is 95.4 Å². The van der Waals surface area contributed by atoms with Crippen LogP contribution in [0.15, 0.2) is 446 Å². The van der Waals surface area contributed by atoms with Gasteiger partial charge in [0.1, 0.15) is 22.3 Å². The maximum absolute atomic E-state index is 6.28. The van der Waals surface area contributed by atoms with Gasteiger partial charge in [-0.05, 0) is 170 Å². The highest BCUT2D eigenvalue weighted by Gasteiger charge is 2.28. The predicted octanol–water partition coefficient (Wildman–Crippen LogP) is 39.3. The number of hydrogen-bond acceptors (Lipinski definition) is 12. The lowest BCUT2D eigenvalue weighted by molar-refractivity contribution is 0.668. The minimum absolute atomic E-state index is 0.908. The third-order valence-corrected chi connectivity index (χ3v) is 37.5. The Hall–Kier alpha value is -17.8. The van der Waals surface area contributed by atoms with Crippen molar-refractivity contribution in [1.82, 2.24) is 38.2 Å². The fraction of sp³-hybridized carbons (Fsp3) is 0. The maximum atomic E-state index is 6.28. The van der Waals surface area contributed by atoms with Crippen molar-refractivity contribution < 1.29 is 8.83 Å². The second-order valence-electron chi connectivity index (χ2n) is 38.4. The van der Waals surface area contributed by atoms with Gasteiger partial charge in [0.2, 0.25) is 0 Å². The molecule has 0 saturated heterocycles. The zero-order valence-electron chi connectivity index (χ0n) is 78.4. The molecule has 0 aliphatic heterocycles. The number of thiophene rings is 6. The Bertz CT molecular complexity index is 11800. The van der Waals surface area contributed by atoms with Crippen molar-refractivity contribution in [3.8, 4) is 22.7 Å². The van der Waals surface area contributed by atoms with Gasteiger partial charge in [-0.2, -0.15) is 0 Å². The standard InChI is InChI=1S/2C33H18N2OS.2C33H18N2S2/c1-3-9-28-21(7-1)23-12-13-24-26-16-19-6-5-15-34-27(19)18-31(26)37-33(24)32(23)35(28)20-11-14-30-25(17-20)22-8-2-4-10-29(22)36-30;1-3-9-28-21(7-1)24-13-14-25-26-16-19-6-5-15-34-27(19)18-31(26)37-33(25)32(24)35(28)20-11-12-23-22-8-2-4-10-29(22)36-30(23)17-20;1-3-11-27-20(8-1)22-14-15-24-25-17-19-7-6-16-34-26(19)18-30(25)37-33(24)31(22)35(27)28-12-5-10-23-21-9-2-4-13-29(21)36-32(23)28;1-3-9-28-21(7-1)24-13-14-25-26-16-19-6-5-15-34-27(19)18-31(26)37-33(25)32(24)35(28)20-11-12-23-22-8-2-4-10-29(22)36-30(23)17-20/h4*1-18H. The molecule has 0 aliphatic carbocycles. The Morgan fingerprint density at radius 3 is 0.905 bits per heavy atom. The Morgan fingerprint density at radius 1 is 0.162 bits per heavy atom. The summed E-state index contributed by atoms with van der Waals surface area (Å²) < 4.78 is 37.9. The molecule has 0 fully saturated rings. The lowest BCUT2D eigenvalue weighted by Crippen LogP contribution is -1.94. The first-order chi connectivity index (χ1) is 73.3. The maximum Gasteiger partial charge on any atom is 0.137 e. The van der Waals surface area contributed by atoms with Crippen LogP contribution in [0.2, 0.25) is 0 Å². The molecule has 0 amide bonds. The topological polar surface area (TPSA) is 97.6 Å². The monoisotopic (exact) mass is 1990 g/mol. The van der Waals surface area contributed by atoms with Crippen molar-refractivity contribution in [1.29, 1.82) is 0 Å². The van der Waals surface area contributed by atoms with Crippen LogP contribution in [0.4, 0.5) is 0 Å². The minimum atomic E-state index is 0.908. The van der Waals surface area contributed by atoms with Crippen molar-refractivity contribution in [3.05, 3.63) is 437 Å². The van der Waals surface area contributed by atoms with Gasteiger partial charge in [0.15, 0.2) is 0 Å². The Balaban J connectivity index is 0.0000000859. The SMILES string of the molecule is c1cnc2cc3sc4c(ccc5c6ccccc6n(-c6ccc7c(c6)oc6ccccc67)c54)c3cc2c1.c1cnc2cc3sc4c(ccc5c6ccccc6n(-c6ccc7c(c6)sc6ccccc67)c54)c3cc2c1.c1cnc2cc3sc4c(ccc5c6ccccc6n(-c6ccc7oc8ccccc8c7c6)c54)c3cc2c1.c1cnc2cc3sc4c(ccc5c6ccccc6n(-c6cccc7c6sc6ccccc67)c54)c3cc2c1. The van der Waals surface area contributed by atoms with E-state index in [1.165, 1.54) is 241 Å². The number of nitrogens with zero attached hydrogens (tertiary/aromatic N) is 8. The molecule has 688 valence electrons. The van der Waals surface area contributed by atoms with Gasteiger partial charge >= 0.3 is 0 Å². The van der Waals surface area contributed by atoms with Crippen LogP contribution in [0.1, 0.15) is 0 Å². The second-order valence-corrected chi connectivity index (χ2v) is 44.8. The van der Waals surface area contributed by atoms with Crippen LogP contribution in [0.5, 0.6) is 0 Å². The van der Waals surface area contributed by atoms with Crippen LogP contribution in [-0.4, -0.2) is 38.2 Å². The van der Waals surface area contributed by atoms with E-state index in [2.05, 4.69) is 402 Å². The van der Waals surface area contributed by atoms with Crippen molar-refractivity contribution in [3.63, 3.8) is 0 Å². The van der Waals surface area contributed by atoms with E-state index in [9.17, 15) is 0 Å². The summed E-state index contributed by atoms with van der Waals surface area (Å²) in [5.41, 5.74) is 22.5. The largest absolute Gasteiger partial charge is 0.456 e. The molecule has 0 saturated carbocycles. The number of fused-ring (bicyclic) bond motifs is 44. The number of pyridine rings is 4. The lowest BCUT2D eigenvalue weighted by Gasteiger charge is -2.10. The van der Waals surface area contributed by atoms with E-state index in [1.54, 1.807) is 0 Å². The number of hydrogen-bond donors (Lipinski definition) is 0. The molecule has 0 spiro atoms. The highest BCUT2D eigenvalue weighted by molar-refractivity contribution is 7.29. The summed E-state index contributed by atoms with van der Waals surface area (Å²) >= 11 is 11.2. The third kappa shape index (κ3) is 12.3. The van der Waals surface area contributed by atoms with Gasteiger partial charge in [0.25, 0.3) is 0 Å².